The van der Waals surface area contributed by atoms with Gasteiger partial charge in [-0.05, 0) is 61.1 Å². The van der Waals surface area contributed by atoms with E-state index < -0.39 is 0 Å². The number of thioether (sulfide) groups is 1. The molecule has 0 radical (unpaired) electrons. The Balaban J connectivity index is 1.25. The van der Waals surface area contributed by atoms with Gasteiger partial charge in [0.15, 0.2) is 0 Å². The number of rotatable bonds is 6. The number of nitrogens with one attached hydrogen (secondary N) is 2. The molecule has 0 saturated carbocycles. The van der Waals surface area contributed by atoms with Gasteiger partial charge in [0.2, 0.25) is 0 Å². The van der Waals surface area contributed by atoms with Crippen LogP contribution in [0.5, 0.6) is 0 Å². The maximum atomic E-state index is 5.98. The summed E-state index contributed by atoms with van der Waals surface area (Å²) in [6.07, 6.45) is 5.12. The molecular weight excluding hydrogens is 395 g/mol. The Morgan fingerprint density at radius 3 is 1.48 bits per heavy atom. The average Bonchev–Trinajstić information content (AvgIpc) is 2.69. The third kappa shape index (κ3) is 5.21. The van der Waals surface area contributed by atoms with Gasteiger partial charge < -0.3 is 10.6 Å². The second-order valence-corrected chi connectivity index (χ2v) is 9.95. The summed E-state index contributed by atoms with van der Waals surface area (Å²) in [5.74, 6) is 0. The zero-order valence-corrected chi connectivity index (χ0v) is 17.7. The Morgan fingerprint density at radius 2 is 1.07 bits per heavy atom. The molecule has 2 aromatic carbocycles. The lowest BCUT2D eigenvalue weighted by Gasteiger charge is -2.44. The number of hydrogen-bond acceptors (Lipinski definition) is 3. The molecule has 2 aliphatic rings. The molecule has 4 rings (SSSR count). The molecule has 2 bridgehead atoms. The van der Waals surface area contributed by atoms with E-state index in [1.165, 1.54) is 36.8 Å². The van der Waals surface area contributed by atoms with Crippen molar-refractivity contribution in [2.24, 2.45) is 0 Å². The Labute approximate surface area is 176 Å². The molecule has 144 valence electrons. The van der Waals surface area contributed by atoms with Crippen LogP contribution in [0.1, 0.15) is 36.8 Å². The minimum absolute atomic E-state index is 0.624. The first-order valence-corrected chi connectivity index (χ1v) is 11.5. The third-order valence-electron chi connectivity index (χ3n) is 5.73. The van der Waals surface area contributed by atoms with Crippen molar-refractivity contribution in [2.45, 2.75) is 61.4 Å². The van der Waals surface area contributed by atoms with Crippen LogP contribution in [0.3, 0.4) is 0 Å². The molecule has 2 heterocycles. The van der Waals surface area contributed by atoms with Crippen molar-refractivity contribution in [1.82, 2.24) is 10.6 Å². The van der Waals surface area contributed by atoms with Gasteiger partial charge in [0.25, 0.3) is 0 Å². The summed E-state index contributed by atoms with van der Waals surface area (Å²) in [6.45, 7) is 1.86. The number of halogens is 2. The fourth-order valence-electron chi connectivity index (χ4n) is 4.18. The highest BCUT2D eigenvalue weighted by Gasteiger charge is 2.38. The van der Waals surface area contributed by atoms with E-state index in [1.807, 2.05) is 24.3 Å². The minimum Gasteiger partial charge on any atom is -0.309 e. The molecule has 0 aliphatic carbocycles. The van der Waals surface area contributed by atoms with E-state index in [1.54, 1.807) is 0 Å². The largest absolute Gasteiger partial charge is 0.309 e. The van der Waals surface area contributed by atoms with Crippen LogP contribution < -0.4 is 10.6 Å². The molecule has 2 N–H and O–H groups in total. The fourth-order valence-corrected chi connectivity index (χ4v) is 6.27. The van der Waals surface area contributed by atoms with E-state index in [2.05, 4.69) is 46.7 Å². The first-order valence-electron chi connectivity index (χ1n) is 9.78. The summed E-state index contributed by atoms with van der Waals surface area (Å²) >= 11 is 14.2. The fraction of sp³-hybridized carbons (Fsp3) is 0.455. The van der Waals surface area contributed by atoms with E-state index in [9.17, 15) is 0 Å². The Hall–Kier alpha value is -0.710. The zero-order valence-electron chi connectivity index (χ0n) is 15.3. The molecule has 5 heteroatoms. The molecule has 0 aromatic heterocycles. The molecule has 27 heavy (non-hydrogen) atoms. The van der Waals surface area contributed by atoms with E-state index in [0.717, 1.165) is 33.6 Å². The first kappa shape index (κ1) is 19.6. The summed E-state index contributed by atoms with van der Waals surface area (Å²) < 4.78 is 0. The first-order chi connectivity index (χ1) is 13.2. The van der Waals surface area contributed by atoms with Gasteiger partial charge in [-0.1, -0.05) is 47.5 Å². The van der Waals surface area contributed by atoms with Gasteiger partial charge in [-0.2, -0.15) is 11.8 Å². The normalized spacial score (nSPS) is 27.5. The Morgan fingerprint density at radius 1 is 0.667 bits per heavy atom. The summed E-state index contributed by atoms with van der Waals surface area (Å²) in [5, 5.41) is 10.7. The molecular formula is C22H26Cl2N2S. The summed E-state index contributed by atoms with van der Waals surface area (Å²) in [5.41, 5.74) is 2.62. The highest BCUT2D eigenvalue weighted by atomic mass is 35.5. The molecule has 2 fully saturated rings. The van der Waals surface area contributed by atoms with Crippen LogP contribution in [-0.4, -0.2) is 22.6 Å². The van der Waals surface area contributed by atoms with Gasteiger partial charge in [-0.3, -0.25) is 0 Å². The van der Waals surface area contributed by atoms with Crippen LogP contribution >= 0.6 is 35.0 Å². The van der Waals surface area contributed by atoms with Crippen molar-refractivity contribution in [3.05, 3.63) is 69.7 Å². The lowest BCUT2D eigenvalue weighted by molar-refractivity contribution is 0.330. The van der Waals surface area contributed by atoms with Crippen molar-refractivity contribution in [3.8, 4) is 0 Å². The lowest BCUT2D eigenvalue weighted by atomic mass is 9.91. The Bertz CT molecular complexity index is 671. The SMILES string of the molecule is Clc1ccc(CN[C@H]2CC[C@H]3S[C@@H]2CC[C@H]3NCc2ccc(Cl)cc2)cc1. The van der Waals surface area contributed by atoms with E-state index in [4.69, 9.17) is 23.2 Å². The van der Waals surface area contributed by atoms with Crippen LogP contribution in [0.4, 0.5) is 0 Å². The quantitative estimate of drug-likeness (QED) is 0.629. The smallest absolute Gasteiger partial charge is 0.0406 e. The maximum absolute atomic E-state index is 5.98. The van der Waals surface area contributed by atoms with Gasteiger partial charge in [0.05, 0.1) is 0 Å². The van der Waals surface area contributed by atoms with Crippen molar-refractivity contribution >= 4 is 35.0 Å². The molecule has 2 nitrogen and oxygen atoms in total. The standard InChI is InChI=1S/C22H26Cl2N2S/c23-17-5-1-15(2-6-17)13-25-19-9-11-22-20(10-12-21(19)27-22)26-14-16-3-7-18(24)8-4-16/h1-8,19-22,25-26H,9-14H2/t19-,20+,21-,22-/m1/s1. The molecule has 0 unspecified atom stereocenters. The average molecular weight is 421 g/mol. The van der Waals surface area contributed by atoms with Crippen LogP contribution in [0.2, 0.25) is 10.0 Å². The van der Waals surface area contributed by atoms with Gasteiger partial charge in [0.1, 0.15) is 0 Å². The van der Waals surface area contributed by atoms with E-state index >= 15 is 0 Å². The number of benzene rings is 2. The minimum atomic E-state index is 0.624. The van der Waals surface area contributed by atoms with E-state index in [-0.39, 0.29) is 0 Å². The Kier molecular flexibility index (Phi) is 6.67. The lowest BCUT2D eigenvalue weighted by Crippen LogP contribution is -2.51. The summed E-state index contributed by atoms with van der Waals surface area (Å²) in [4.78, 5) is 0. The van der Waals surface area contributed by atoms with Crippen molar-refractivity contribution < 1.29 is 0 Å². The van der Waals surface area contributed by atoms with Crippen molar-refractivity contribution in [3.63, 3.8) is 0 Å². The highest BCUT2D eigenvalue weighted by Crippen LogP contribution is 2.42. The molecule has 2 saturated heterocycles. The van der Waals surface area contributed by atoms with Crippen molar-refractivity contribution in [1.29, 1.82) is 0 Å². The molecule has 0 amide bonds. The van der Waals surface area contributed by atoms with Gasteiger partial charge in [-0.15, -0.1) is 0 Å². The number of hydrogen-bond donors (Lipinski definition) is 2. The monoisotopic (exact) mass is 420 g/mol. The van der Waals surface area contributed by atoms with Crippen LogP contribution in [0.25, 0.3) is 0 Å². The predicted octanol–water partition coefficient (Wildman–Crippen LogP) is 5.67. The predicted molar refractivity (Wildman–Crippen MR) is 118 cm³/mol. The van der Waals surface area contributed by atoms with Gasteiger partial charge in [0, 0.05) is 45.7 Å². The number of fused-ring (bicyclic) bond motifs is 2. The topological polar surface area (TPSA) is 24.1 Å². The van der Waals surface area contributed by atoms with Gasteiger partial charge in [-0.25, -0.2) is 0 Å². The van der Waals surface area contributed by atoms with Crippen LogP contribution in [-0.2, 0) is 13.1 Å². The highest BCUT2D eigenvalue weighted by molar-refractivity contribution is 8.00. The second-order valence-electron chi connectivity index (χ2n) is 7.60. The second kappa shape index (κ2) is 9.19. The summed E-state index contributed by atoms with van der Waals surface area (Å²) in [7, 11) is 0. The maximum Gasteiger partial charge on any atom is 0.0406 e. The molecule has 2 aromatic rings. The van der Waals surface area contributed by atoms with Crippen LogP contribution in [0, 0.1) is 0 Å². The molecule has 4 atom stereocenters. The van der Waals surface area contributed by atoms with Gasteiger partial charge >= 0.3 is 0 Å². The third-order valence-corrected chi connectivity index (χ3v) is 8.07. The van der Waals surface area contributed by atoms with E-state index in [0.29, 0.717) is 12.1 Å². The zero-order chi connectivity index (χ0) is 18.6. The summed E-state index contributed by atoms with van der Waals surface area (Å²) in [6, 6.07) is 17.6. The molecule has 0 spiro atoms. The van der Waals surface area contributed by atoms with Crippen LogP contribution in [0.15, 0.2) is 48.5 Å². The van der Waals surface area contributed by atoms with Crippen molar-refractivity contribution in [2.75, 3.05) is 0 Å². The molecule has 2 aliphatic heterocycles.